The summed E-state index contributed by atoms with van der Waals surface area (Å²) in [6.45, 7) is 6.93. The number of aromatic nitrogens is 2. The molecule has 3 aromatic rings. The van der Waals surface area contributed by atoms with Crippen molar-refractivity contribution in [3.63, 3.8) is 0 Å². The van der Waals surface area contributed by atoms with Gasteiger partial charge in [-0.3, -0.25) is 4.79 Å². The zero-order valence-electron chi connectivity index (χ0n) is 18.6. The number of nitrogens with zero attached hydrogens (tertiary/aromatic N) is 3. The Balaban J connectivity index is 1.59. The predicted molar refractivity (Wildman–Crippen MR) is 123 cm³/mol. The number of hydrogen-bond acceptors (Lipinski definition) is 3. The molecule has 1 saturated heterocycles. The zero-order valence-corrected chi connectivity index (χ0v) is 18.6. The molecule has 1 fully saturated rings. The molecule has 1 aliphatic rings. The first kappa shape index (κ1) is 20.9. The second-order valence-corrected chi connectivity index (χ2v) is 8.21. The third kappa shape index (κ3) is 4.41. The molecule has 0 spiro atoms. The van der Waals surface area contributed by atoms with Gasteiger partial charge in [-0.25, -0.2) is 4.98 Å². The number of imidazole rings is 1. The maximum absolute atomic E-state index is 13.3. The first-order valence-electron chi connectivity index (χ1n) is 10.7. The minimum absolute atomic E-state index is 0.0539. The Bertz CT molecular complexity index is 1110. The first-order chi connectivity index (χ1) is 15.0. The average molecular weight is 416 g/mol. The molecule has 0 saturated carbocycles. The molecule has 2 aromatic carbocycles. The highest BCUT2D eigenvalue weighted by atomic mass is 16.5. The van der Waals surface area contributed by atoms with E-state index in [1.807, 2.05) is 46.9 Å². The molecule has 0 bridgehead atoms. The van der Waals surface area contributed by atoms with E-state index in [2.05, 4.69) is 43.1 Å². The highest BCUT2D eigenvalue weighted by molar-refractivity contribution is 5.98. The molecular formula is C26H29N3O2. The van der Waals surface area contributed by atoms with Crippen LogP contribution >= 0.6 is 0 Å². The third-order valence-electron chi connectivity index (χ3n) is 5.94. The molecular weight excluding hydrogens is 386 g/mol. The van der Waals surface area contributed by atoms with Crippen molar-refractivity contribution in [1.82, 2.24) is 14.5 Å². The second-order valence-electron chi connectivity index (χ2n) is 8.21. The number of aryl methyl sites for hydroxylation is 2. The van der Waals surface area contributed by atoms with Crippen LogP contribution in [0.1, 0.15) is 48.2 Å². The van der Waals surface area contributed by atoms with Crippen molar-refractivity contribution in [2.24, 2.45) is 0 Å². The lowest BCUT2D eigenvalue weighted by Crippen LogP contribution is -2.38. The Labute approximate surface area is 184 Å². The number of methoxy groups -OCH3 is 1. The van der Waals surface area contributed by atoms with Crippen molar-refractivity contribution < 1.29 is 9.53 Å². The molecule has 4 rings (SSSR count). The number of carbonyl (C=O) groups excluding carboxylic acids is 1. The fourth-order valence-electron chi connectivity index (χ4n) is 4.11. The van der Waals surface area contributed by atoms with Crippen LogP contribution in [0.4, 0.5) is 0 Å². The van der Waals surface area contributed by atoms with E-state index in [9.17, 15) is 4.79 Å². The number of amides is 1. The standard InChI is InChI=1S/C26H29N3O2/c1-18-7-10-22(11-8-18)20(3)29-13-5-6-23(26(29)30)14-21-9-12-24(25(15-21)31-4)28-16-19(2)27-17-28/h7-12,14-17,20H,5-6,13H2,1-4H3/b23-14+/t20-/m0/s1. The quantitative estimate of drug-likeness (QED) is 0.534. The number of carbonyl (C=O) groups is 1. The molecule has 160 valence electrons. The average Bonchev–Trinajstić information content (AvgIpc) is 3.21. The Morgan fingerprint density at radius 3 is 2.58 bits per heavy atom. The summed E-state index contributed by atoms with van der Waals surface area (Å²) >= 11 is 0. The maximum Gasteiger partial charge on any atom is 0.250 e. The van der Waals surface area contributed by atoms with Gasteiger partial charge < -0.3 is 14.2 Å². The van der Waals surface area contributed by atoms with Crippen LogP contribution in [-0.4, -0.2) is 34.0 Å². The highest BCUT2D eigenvalue weighted by Crippen LogP contribution is 2.30. The smallest absolute Gasteiger partial charge is 0.250 e. The molecule has 0 unspecified atom stereocenters. The summed E-state index contributed by atoms with van der Waals surface area (Å²) in [4.78, 5) is 19.6. The number of hydrogen-bond donors (Lipinski definition) is 0. The number of piperidine rings is 1. The lowest BCUT2D eigenvalue weighted by atomic mass is 9.97. The van der Waals surface area contributed by atoms with Crippen LogP contribution in [0.25, 0.3) is 11.8 Å². The van der Waals surface area contributed by atoms with Crippen molar-refractivity contribution >= 4 is 12.0 Å². The number of ether oxygens (including phenoxy) is 1. The van der Waals surface area contributed by atoms with Gasteiger partial charge in [0.15, 0.2) is 0 Å². The van der Waals surface area contributed by atoms with Crippen LogP contribution < -0.4 is 4.74 Å². The van der Waals surface area contributed by atoms with Crippen molar-refractivity contribution in [1.29, 1.82) is 0 Å². The van der Waals surface area contributed by atoms with E-state index >= 15 is 0 Å². The van der Waals surface area contributed by atoms with Crippen LogP contribution in [0.5, 0.6) is 5.75 Å². The van der Waals surface area contributed by atoms with Crippen LogP contribution in [0.2, 0.25) is 0 Å². The summed E-state index contributed by atoms with van der Waals surface area (Å²) in [6.07, 6.45) is 7.51. The summed E-state index contributed by atoms with van der Waals surface area (Å²) in [5.41, 5.74) is 6.08. The van der Waals surface area contributed by atoms with Crippen molar-refractivity contribution in [2.45, 2.75) is 39.7 Å². The minimum Gasteiger partial charge on any atom is -0.495 e. The summed E-state index contributed by atoms with van der Waals surface area (Å²) < 4.78 is 7.57. The summed E-state index contributed by atoms with van der Waals surface area (Å²) in [5, 5.41) is 0. The summed E-state index contributed by atoms with van der Waals surface area (Å²) in [5.74, 6) is 0.868. The normalized spacial score (nSPS) is 16.6. The maximum atomic E-state index is 13.3. The van der Waals surface area contributed by atoms with Gasteiger partial charge in [-0.1, -0.05) is 35.9 Å². The van der Waals surface area contributed by atoms with E-state index in [0.29, 0.717) is 0 Å². The lowest BCUT2D eigenvalue weighted by molar-refractivity contribution is -0.130. The Morgan fingerprint density at radius 1 is 1.13 bits per heavy atom. The van der Waals surface area contributed by atoms with Crippen molar-refractivity contribution in [3.8, 4) is 11.4 Å². The largest absolute Gasteiger partial charge is 0.495 e. The molecule has 1 aliphatic heterocycles. The molecule has 0 radical (unpaired) electrons. The number of likely N-dealkylation sites (tertiary alicyclic amines) is 1. The molecule has 2 heterocycles. The Morgan fingerprint density at radius 2 is 1.90 bits per heavy atom. The predicted octanol–water partition coefficient (Wildman–Crippen LogP) is 5.26. The van der Waals surface area contributed by atoms with Crippen molar-refractivity contribution in [3.05, 3.63) is 82.9 Å². The second kappa shape index (κ2) is 8.80. The molecule has 0 N–H and O–H groups in total. The van der Waals surface area contributed by atoms with Crippen LogP contribution in [0.3, 0.4) is 0 Å². The van der Waals surface area contributed by atoms with Crippen molar-refractivity contribution in [2.75, 3.05) is 13.7 Å². The van der Waals surface area contributed by atoms with Gasteiger partial charge in [0.2, 0.25) is 5.91 Å². The van der Waals surface area contributed by atoms with Gasteiger partial charge in [0, 0.05) is 18.3 Å². The molecule has 5 nitrogen and oxygen atoms in total. The summed E-state index contributed by atoms with van der Waals surface area (Å²) in [7, 11) is 1.66. The molecule has 5 heteroatoms. The molecule has 1 atom stereocenters. The fraction of sp³-hybridized carbons (Fsp3) is 0.308. The van der Waals surface area contributed by atoms with Gasteiger partial charge >= 0.3 is 0 Å². The lowest BCUT2D eigenvalue weighted by Gasteiger charge is -2.34. The van der Waals surface area contributed by atoms with Crippen LogP contribution in [0, 0.1) is 13.8 Å². The van der Waals surface area contributed by atoms with Gasteiger partial charge in [-0.05, 0) is 62.9 Å². The monoisotopic (exact) mass is 415 g/mol. The van der Waals surface area contributed by atoms with E-state index in [4.69, 9.17) is 4.74 Å². The third-order valence-corrected chi connectivity index (χ3v) is 5.94. The SMILES string of the molecule is COc1cc(/C=C2\CCCN([C@@H](C)c3ccc(C)cc3)C2=O)ccc1-n1cnc(C)c1. The minimum atomic E-state index is 0.0539. The number of benzene rings is 2. The van der Waals surface area contributed by atoms with Crippen LogP contribution in [-0.2, 0) is 4.79 Å². The molecule has 1 amide bonds. The number of rotatable bonds is 5. The van der Waals surface area contributed by atoms with E-state index in [1.54, 1.807) is 13.4 Å². The first-order valence-corrected chi connectivity index (χ1v) is 10.7. The fourth-order valence-corrected chi connectivity index (χ4v) is 4.11. The van der Waals surface area contributed by atoms with Gasteiger partial charge in [-0.2, -0.15) is 0 Å². The zero-order chi connectivity index (χ0) is 22.0. The molecule has 31 heavy (non-hydrogen) atoms. The van der Waals surface area contributed by atoms with E-state index in [-0.39, 0.29) is 11.9 Å². The van der Waals surface area contributed by atoms with Gasteiger partial charge in [-0.15, -0.1) is 0 Å². The Hall–Kier alpha value is -3.34. The van der Waals surface area contributed by atoms with Gasteiger partial charge in [0.05, 0.1) is 30.9 Å². The van der Waals surface area contributed by atoms with E-state index in [1.165, 1.54) is 11.1 Å². The highest BCUT2D eigenvalue weighted by Gasteiger charge is 2.27. The topological polar surface area (TPSA) is 47.4 Å². The van der Waals surface area contributed by atoms with Crippen LogP contribution in [0.15, 0.2) is 60.6 Å². The van der Waals surface area contributed by atoms with Gasteiger partial charge in [0.1, 0.15) is 5.75 Å². The van der Waals surface area contributed by atoms with E-state index in [0.717, 1.165) is 47.7 Å². The summed E-state index contributed by atoms with van der Waals surface area (Å²) in [6, 6.07) is 14.5. The van der Waals surface area contributed by atoms with Gasteiger partial charge in [0.25, 0.3) is 0 Å². The molecule has 1 aromatic heterocycles. The van der Waals surface area contributed by atoms with E-state index < -0.39 is 0 Å². The Kier molecular flexibility index (Phi) is 5.94. The molecule has 0 aliphatic carbocycles.